The molecule has 3 aliphatic heterocycles. The van der Waals surface area contributed by atoms with Crippen molar-refractivity contribution in [3.05, 3.63) is 29.3 Å². The Hall–Kier alpha value is -1.54. The summed E-state index contributed by atoms with van der Waals surface area (Å²) in [6, 6.07) is 3.59. The minimum Gasteiger partial charge on any atom is -0.353 e. The van der Waals surface area contributed by atoms with Gasteiger partial charge in [0.1, 0.15) is 11.3 Å². The zero-order valence-corrected chi connectivity index (χ0v) is 18.2. The van der Waals surface area contributed by atoms with Crippen molar-refractivity contribution in [2.75, 3.05) is 13.2 Å². The molecule has 2 aromatic rings. The Kier molecular flexibility index (Phi) is 4.93. The van der Waals surface area contributed by atoms with Gasteiger partial charge in [-0.3, -0.25) is 0 Å². The molecule has 0 spiro atoms. The molecule has 2 atom stereocenters. The SMILES string of the molecule is CC1(C)OC(c2cc(F)c3nc4n(c3c2)[C@H](COC2CCCCO2)CC4)OC1(C)C. The molecule has 4 heterocycles. The molecule has 30 heavy (non-hydrogen) atoms. The maximum Gasteiger partial charge on any atom is 0.185 e. The fourth-order valence-corrected chi connectivity index (χ4v) is 4.56. The van der Waals surface area contributed by atoms with Crippen molar-refractivity contribution in [3.8, 4) is 0 Å². The van der Waals surface area contributed by atoms with Gasteiger partial charge in [-0.05, 0) is 65.5 Å². The van der Waals surface area contributed by atoms with Crippen molar-refractivity contribution in [3.63, 3.8) is 0 Å². The first-order chi connectivity index (χ1) is 14.2. The summed E-state index contributed by atoms with van der Waals surface area (Å²) in [5, 5.41) is 0. The monoisotopic (exact) mass is 418 g/mol. The van der Waals surface area contributed by atoms with Crippen LogP contribution >= 0.6 is 0 Å². The Balaban J connectivity index is 1.43. The second-order valence-electron chi connectivity index (χ2n) is 9.68. The Bertz CT molecular complexity index is 932. The van der Waals surface area contributed by atoms with E-state index in [1.54, 1.807) is 0 Å². The zero-order chi connectivity index (χ0) is 21.1. The van der Waals surface area contributed by atoms with Gasteiger partial charge in [0.05, 0.1) is 29.4 Å². The molecular weight excluding hydrogens is 387 g/mol. The van der Waals surface area contributed by atoms with Gasteiger partial charge in [-0.1, -0.05) is 0 Å². The summed E-state index contributed by atoms with van der Waals surface area (Å²) < 4.78 is 41.2. The molecule has 3 aliphatic rings. The molecule has 164 valence electrons. The fraction of sp³-hybridized carbons (Fsp3) is 0.696. The van der Waals surface area contributed by atoms with Gasteiger partial charge < -0.3 is 23.5 Å². The Morgan fingerprint density at radius 3 is 2.60 bits per heavy atom. The second kappa shape index (κ2) is 7.26. The highest BCUT2D eigenvalue weighted by Gasteiger charge is 2.49. The van der Waals surface area contributed by atoms with Gasteiger partial charge in [0, 0.05) is 18.6 Å². The van der Waals surface area contributed by atoms with Crippen LogP contribution in [0.4, 0.5) is 4.39 Å². The minimum absolute atomic E-state index is 0.128. The molecule has 0 bridgehead atoms. The van der Waals surface area contributed by atoms with Crippen LogP contribution in [-0.4, -0.2) is 40.3 Å². The van der Waals surface area contributed by atoms with Crippen molar-refractivity contribution < 1.29 is 23.3 Å². The molecule has 1 aromatic carbocycles. The highest BCUT2D eigenvalue weighted by atomic mass is 19.1. The van der Waals surface area contributed by atoms with Crippen LogP contribution in [0.1, 0.15) is 77.1 Å². The highest BCUT2D eigenvalue weighted by Crippen LogP contribution is 2.45. The maximum absolute atomic E-state index is 15.0. The number of fused-ring (bicyclic) bond motifs is 3. The molecule has 1 aromatic heterocycles. The summed E-state index contributed by atoms with van der Waals surface area (Å²) in [5.74, 6) is 0.572. The van der Waals surface area contributed by atoms with Gasteiger partial charge >= 0.3 is 0 Å². The van der Waals surface area contributed by atoms with Crippen LogP contribution in [0, 0.1) is 5.82 Å². The smallest absolute Gasteiger partial charge is 0.185 e. The predicted octanol–water partition coefficient (Wildman–Crippen LogP) is 4.81. The number of halogens is 1. The summed E-state index contributed by atoms with van der Waals surface area (Å²) in [6.45, 7) is 9.30. The van der Waals surface area contributed by atoms with E-state index >= 15 is 4.39 Å². The Labute approximate surface area is 176 Å². The van der Waals surface area contributed by atoms with E-state index in [2.05, 4.69) is 9.55 Å². The highest BCUT2D eigenvalue weighted by molar-refractivity contribution is 5.78. The van der Waals surface area contributed by atoms with Crippen molar-refractivity contribution in [2.45, 2.75) is 89.6 Å². The topological polar surface area (TPSA) is 54.7 Å². The van der Waals surface area contributed by atoms with E-state index < -0.39 is 17.5 Å². The Morgan fingerprint density at radius 1 is 1.13 bits per heavy atom. The first-order valence-electron chi connectivity index (χ1n) is 11.0. The van der Waals surface area contributed by atoms with E-state index in [-0.39, 0.29) is 18.1 Å². The van der Waals surface area contributed by atoms with E-state index in [0.29, 0.717) is 17.7 Å². The van der Waals surface area contributed by atoms with Crippen molar-refractivity contribution in [2.24, 2.45) is 0 Å². The van der Waals surface area contributed by atoms with Crippen LogP contribution in [0.25, 0.3) is 11.0 Å². The second-order valence-corrected chi connectivity index (χ2v) is 9.68. The minimum atomic E-state index is -0.605. The van der Waals surface area contributed by atoms with Crippen LogP contribution in [0.3, 0.4) is 0 Å². The molecule has 2 fully saturated rings. The van der Waals surface area contributed by atoms with Crippen LogP contribution in [0.5, 0.6) is 0 Å². The largest absolute Gasteiger partial charge is 0.353 e. The molecule has 6 nitrogen and oxygen atoms in total. The van der Waals surface area contributed by atoms with Crippen LogP contribution in [0.2, 0.25) is 0 Å². The van der Waals surface area contributed by atoms with E-state index in [4.69, 9.17) is 18.9 Å². The van der Waals surface area contributed by atoms with Gasteiger partial charge in [-0.25, -0.2) is 9.37 Å². The lowest BCUT2D eigenvalue weighted by atomic mass is 9.90. The number of hydrogen-bond donors (Lipinski definition) is 0. The van der Waals surface area contributed by atoms with Crippen molar-refractivity contribution >= 4 is 11.0 Å². The van der Waals surface area contributed by atoms with E-state index in [0.717, 1.165) is 50.1 Å². The molecule has 7 heteroatoms. The van der Waals surface area contributed by atoms with Crippen LogP contribution in [-0.2, 0) is 25.4 Å². The van der Waals surface area contributed by atoms with E-state index in [9.17, 15) is 0 Å². The maximum atomic E-state index is 15.0. The van der Waals surface area contributed by atoms with Gasteiger partial charge in [0.25, 0.3) is 0 Å². The van der Waals surface area contributed by atoms with Gasteiger partial charge in [-0.2, -0.15) is 0 Å². The average molecular weight is 419 g/mol. The third-order valence-corrected chi connectivity index (χ3v) is 7.05. The first kappa shape index (κ1) is 20.4. The fourth-order valence-electron chi connectivity index (χ4n) is 4.56. The number of nitrogens with zero attached hydrogens (tertiary/aromatic N) is 2. The van der Waals surface area contributed by atoms with Crippen LogP contribution < -0.4 is 0 Å². The molecule has 5 rings (SSSR count). The molecule has 0 radical (unpaired) electrons. The summed E-state index contributed by atoms with van der Waals surface area (Å²) in [4.78, 5) is 4.58. The van der Waals surface area contributed by atoms with Crippen molar-refractivity contribution in [1.29, 1.82) is 0 Å². The van der Waals surface area contributed by atoms with Gasteiger partial charge in [-0.15, -0.1) is 0 Å². The molecule has 0 amide bonds. The third-order valence-electron chi connectivity index (χ3n) is 7.05. The molecule has 0 saturated carbocycles. The van der Waals surface area contributed by atoms with Crippen molar-refractivity contribution in [1.82, 2.24) is 9.55 Å². The molecule has 1 unspecified atom stereocenters. The number of benzene rings is 1. The molecular formula is C23H31FN2O4. The number of aromatic nitrogens is 2. The summed E-state index contributed by atoms with van der Waals surface area (Å²) in [6.07, 6.45) is 4.19. The van der Waals surface area contributed by atoms with Gasteiger partial charge in [0.2, 0.25) is 0 Å². The number of hydrogen-bond acceptors (Lipinski definition) is 5. The van der Waals surface area contributed by atoms with Gasteiger partial charge in [0.15, 0.2) is 18.4 Å². The summed E-state index contributed by atoms with van der Waals surface area (Å²) in [7, 11) is 0. The number of rotatable bonds is 4. The third kappa shape index (κ3) is 3.36. The lowest BCUT2D eigenvalue weighted by Crippen LogP contribution is -2.41. The summed E-state index contributed by atoms with van der Waals surface area (Å²) >= 11 is 0. The lowest BCUT2D eigenvalue weighted by Gasteiger charge is -2.30. The lowest BCUT2D eigenvalue weighted by molar-refractivity contribution is -0.167. The van der Waals surface area contributed by atoms with Crippen LogP contribution in [0.15, 0.2) is 12.1 Å². The first-order valence-corrected chi connectivity index (χ1v) is 11.0. The number of imidazole rings is 1. The quantitative estimate of drug-likeness (QED) is 0.713. The standard InChI is InChI=1S/C23H31FN2O4/c1-22(2)23(3,4)30-21(29-22)14-11-16(24)20-17(12-14)26-15(8-9-18(26)25-20)13-28-19-7-5-6-10-27-19/h11-12,15,19,21H,5-10,13H2,1-4H3/t15-,19?/m0/s1. The predicted molar refractivity (Wildman–Crippen MR) is 110 cm³/mol. The summed E-state index contributed by atoms with van der Waals surface area (Å²) in [5.41, 5.74) is 0.926. The normalized spacial score (nSPS) is 28.3. The molecule has 0 aliphatic carbocycles. The zero-order valence-electron chi connectivity index (χ0n) is 18.2. The molecule has 0 N–H and O–H groups in total. The van der Waals surface area contributed by atoms with E-state index in [1.807, 2.05) is 33.8 Å². The average Bonchev–Trinajstić information content (AvgIpc) is 3.32. The number of aryl methyl sites for hydroxylation is 1. The number of ether oxygens (including phenoxy) is 4. The van der Waals surface area contributed by atoms with E-state index in [1.165, 1.54) is 6.07 Å². The molecule has 2 saturated heterocycles. The Morgan fingerprint density at radius 2 is 1.90 bits per heavy atom.